The highest BCUT2D eigenvalue weighted by Gasteiger charge is 2.37. The molecule has 2 aliphatic heterocycles. The van der Waals surface area contributed by atoms with Gasteiger partial charge in [-0.05, 0) is 26.8 Å². The first-order valence-electron chi connectivity index (χ1n) is 6.99. The number of likely N-dealkylation sites (tertiary alicyclic amines) is 1. The first-order chi connectivity index (χ1) is 9.15. The summed E-state index contributed by atoms with van der Waals surface area (Å²) < 4.78 is 5.26. The van der Waals surface area contributed by atoms with Gasteiger partial charge in [0.25, 0.3) is 0 Å². The van der Waals surface area contributed by atoms with Crippen molar-refractivity contribution in [1.82, 2.24) is 15.1 Å². The van der Waals surface area contributed by atoms with Crippen LogP contribution in [0.15, 0.2) is 0 Å². The molecule has 2 atom stereocenters. The smallest absolute Gasteiger partial charge is 0.245 e. The molecule has 2 heterocycles. The molecular formula is C13H23N3O3. The van der Waals surface area contributed by atoms with Gasteiger partial charge in [-0.25, -0.2) is 0 Å². The van der Waals surface area contributed by atoms with Gasteiger partial charge in [-0.15, -0.1) is 0 Å². The number of morpholine rings is 1. The van der Waals surface area contributed by atoms with Crippen molar-refractivity contribution in [3.63, 3.8) is 0 Å². The summed E-state index contributed by atoms with van der Waals surface area (Å²) in [7, 11) is 1.76. The number of likely N-dealkylation sites (N-methyl/N-ethyl adjacent to an activating group) is 1. The molecular weight excluding hydrogens is 246 g/mol. The Balaban J connectivity index is 2.01. The molecule has 2 aliphatic rings. The van der Waals surface area contributed by atoms with E-state index in [-0.39, 0.29) is 23.9 Å². The maximum absolute atomic E-state index is 12.5. The Morgan fingerprint density at radius 3 is 2.58 bits per heavy atom. The van der Waals surface area contributed by atoms with Crippen LogP contribution < -0.4 is 5.32 Å². The molecule has 0 aromatic heterocycles. The zero-order valence-electron chi connectivity index (χ0n) is 11.7. The van der Waals surface area contributed by atoms with Gasteiger partial charge in [0.05, 0.1) is 19.3 Å². The van der Waals surface area contributed by atoms with E-state index in [0.29, 0.717) is 32.8 Å². The van der Waals surface area contributed by atoms with E-state index in [4.69, 9.17) is 4.74 Å². The van der Waals surface area contributed by atoms with Crippen LogP contribution in [0.3, 0.4) is 0 Å². The highest BCUT2D eigenvalue weighted by molar-refractivity contribution is 5.90. The van der Waals surface area contributed by atoms with Crippen molar-refractivity contribution in [3.05, 3.63) is 0 Å². The lowest BCUT2D eigenvalue weighted by molar-refractivity contribution is -0.147. The molecule has 2 saturated heterocycles. The summed E-state index contributed by atoms with van der Waals surface area (Å²) in [6.45, 7) is 4.99. The Labute approximate surface area is 114 Å². The number of carbonyl (C=O) groups excluding carboxylic acids is 2. The van der Waals surface area contributed by atoms with E-state index in [1.807, 2.05) is 11.8 Å². The van der Waals surface area contributed by atoms with Gasteiger partial charge in [0.1, 0.15) is 6.04 Å². The first-order valence-corrected chi connectivity index (χ1v) is 6.99. The van der Waals surface area contributed by atoms with Crippen molar-refractivity contribution in [2.24, 2.45) is 0 Å². The number of hydrogen-bond donors (Lipinski definition) is 1. The molecule has 108 valence electrons. The number of rotatable bonds is 3. The molecule has 0 spiro atoms. The highest BCUT2D eigenvalue weighted by Crippen LogP contribution is 2.20. The fraction of sp³-hybridized carbons (Fsp3) is 0.846. The van der Waals surface area contributed by atoms with Crippen LogP contribution in [-0.2, 0) is 14.3 Å². The molecule has 0 aromatic carbocycles. The van der Waals surface area contributed by atoms with Crippen LogP contribution in [0.25, 0.3) is 0 Å². The van der Waals surface area contributed by atoms with Gasteiger partial charge >= 0.3 is 0 Å². The molecule has 1 N–H and O–H groups in total. The molecule has 0 saturated carbocycles. The molecule has 2 rings (SSSR count). The van der Waals surface area contributed by atoms with Crippen molar-refractivity contribution in [3.8, 4) is 0 Å². The lowest BCUT2D eigenvalue weighted by Gasteiger charge is -2.33. The van der Waals surface area contributed by atoms with E-state index in [0.717, 1.165) is 12.8 Å². The Hall–Kier alpha value is -1.14. The van der Waals surface area contributed by atoms with E-state index < -0.39 is 0 Å². The summed E-state index contributed by atoms with van der Waals surface area (Å²) >= 11 is 0. The number of nitrogens with one attached hydrogen (secondary N) is 1. The average Bonchev–Trinajstić information content (AvgIpc) is 2.95. The van der Waals surface area contributed by atoms with Crippen LogP contribution in [0.4, 0.5) is 0 Å². The summed E-state index contributed by atoms with van der Waals surface area (Å²) in [5.74, 6) is 0.101. The summed E-state index contributed by atoms with van der Waals surface area (Å²) in [6.07, 6.45) is 1.68. The second-order valence-electron chi connectivity index (χ2n) is 5.14. The van der Waals surface area contributed by atoms with Crippen molar-refractivity contribution in [2.75, 3.05) is 39.9 Å². The van der Waals surface area contributed by atoms with Gasteiger partial charge in [0.15, 0.2) is 0 Å². The van der Waals surface area contributed by atoms with E-state index in [1.165, 1.54) is 0 Å². The maximum atomic E-state index is 12.5. The second kappa shape index (κ2) is 6.34. The summed E-state index contributed by atoms with van der Waals surface area (Å²) in [6, 6.07) is -0.514. The predicted molar refractivity (Wildman–Crippen MR) is 70.7 cm³/mol. The summed E-state index contributed by atoms with van der Waals surface area (Å²) in [5.41, 5.74) is 0. The number of hydrogen-bond acceptors (Lipinski definition) is 4. The fourth-order valence-corrected chi connectivity index (χ4v) is 2.65. The molecule has 2 unspecified atom stereocenters. The first kappa shape index (κ1) is 14.3. The standard InChI is InChI=1S/C13H23N3O3/c1-10(14-2)12(17)16-5-3-4-11(16)13(18)15-6-8-19-9-7-15/h10-11,14H,3-9H2,1-2H3. The second-order valence-corrected chi connectivity index (χ2v) is 5.14. The quantitative estimate of drug-likeness (QED) is 0.746. The zero-order chi connectivity index (χ0) is 13.8. The molecule has 0 bridgehead atoms. The van der Waals surface area contributed by atoms with Crippen molar-refractivity contribution in [1.29, 1.82) is 0 Å². The predicted octanol–water partition coefficient (Wildman–Crippen LogP) is -0.556. The van der Waals surface area contributed by atoms with Crippen molar-refractivity contribution >= 4 is 11.8 Å². The molecule has 6 heteroatoms. The third kappa shape index (κ3) is 3.06. The summed E-state index contributed by atoms with van der Waals surface area (Å²) in [5, 5.41) is 2.94. The molecule has 0 aromatic rings. The normalized spacial score (nSPS) is 25.5. The lowest BCUT2D eigenvalue weighted by Crippen LogP contribution is -2.53. The molecule has 2 amide bonds. The van der Waals surface area contributed by atoms with Gasteiger partial charge in [-0.2, -0.15) is 0 Å². The van der Waals surface area contributed by atoms with Crippen LogP contribution in [0.5, 0.6) is 0 Å². The monoisotopic (exact) mass is 269 g/mol. The fourth-order valence-electron chi connectivity index (χ4n) is 2.65. The molecule has 19 heavy (non-hydrogen) atoms. The number of amides is 2. The van der Waals surface area contributed by atoms with Crippen molar-refractivity contribution in [2.45, 2.75) is 31.8 Å². The van der Waals surface area contributed by atoms with Crippen molar-refractivity contribution < 1.29 is 14.3 Å². The minimum absolute atomic E-state index is 0.0200. The molecule has 6 nitrogen and oxygen atoms in total. The van der Waals surface area contributed by atoms with Crippen LogP contribution in [0.2, 0.25) is 0 Å². The van der Waals surface area contributed by atoms with E-state index in [2.05, 4.69) is 5.32 Å². The van der Waals surface area contributed by atoms with Gasteiger partial charge in [0.2, 0.25) is 11.8 Å². The van der Waals surface area contributed by atoms with Gasteiger partial charge < -0.3 is 19.9 Å². The van der Waals surface area contributed by atoms with E-state index >= 15 is 0 Å². The number of ether oxygens (including phenoxy) is 1. The minimum Gasteiger partial charge on any atom is -0.378 e. The molecule has 0 aliphatic carbocycles. The third-order valence-electron chi connectivity index (χ3n) is 3.95. The average molecular weight is 269 g/mol. The Morgan fingerprint density at radius 2 is 1.95 bits per heavy atom. The van der Waals surface area contributed by atoms with Gasteiger partial charge in [-0.3, -0.25) is 9.59 Å². The number of nitrogens with zero attached hydrogens (tertiary/aromatic N) is 2. The SMILES string of the molecule is CNC(C)C(=O)N1CCCC1C(=O)N1CCOCC1. The van der Waals surface area contributed by atoms with Gasteiger partial charge in [0, 0.05) is 19.6 Å². The lowest BCUT2D eigenvalue weighted by atomic mass is 10.1. The highest BCUT2D eigenvalue weighted by atomic mass is 16.5. The van der Waals surface area contributed by atoms with E-state index in [9.17, 15) is 9.59 Å². The third-order valence-corrected chi connectivity index (χ3v) is 3.95. The Bertz CT molecular complexity index is 342. The Morgan fingerprint density at radius 1 is 1.26 bits per heavy atom. The van der Waals surface area contributed by atoms with Crippen LogP contribution >= 0.6 is 0 Å². The van der Waals surface area contributed by atoms with Crippen LogP contribution in [0.1, 0.15) is 19.8 Å². The maximum Gasteiger partial charge on any atom is 0.245 e. The minimum atomic E-state index is -0.276. The molecule has 2 fully saturated rings. The van der Waals surface area contributed by atoms with Gasteiger partial charge in [-0.1, -0.05) is 0 Å². The Kier molecular flexibility index (Phi) is 4.76. The van der Waals surface area contributed by atoms with Crippen LogP contribution in [0, 0.1) is 0 Å². The summed E-state index contributed by atoms with van der Waals surface area (Å²) in [4.78, 5) is 28.3. The topological polar surface area (TPSA) is 61.9 Å². The largest absolute Gasteiger partial charge is 0.378 e. The zero-order valence-corrected chi connectivity index (χ0v) is 11.7. The van der Waals surface area contributed by atoms with E-state index in [1.54, 1.807) is 11.9 Å². The van der Waals surface area contributed by atoms with Crippen LogP contribution in [-0.4, -0.2) is 73.6 Å². The molecule has 0 radical (unpaired) electrons. The number of carbonyl (C=O) groups is 2.